The third kappa shape index (κ3) is 3.82. The minimum Gasteiger partial charge on any atom is -0.251 e. The lowest BCUT2D eigenvalue weighted by Gasteiger charge is -2.27. The second-order valence-electron chi connectivity index (χ2n) is 5.78. The maximum atomic E-state index is 10.0. The number of benzene rings is 2. The number of rotatable bonds is 6. The predicted molar refractivity (Wildman–Crippen MR) is 101 cm³/mol. The summed E-state index contributed by atoms with van der Waals surface area (Å²) in [5, 5.41) is 14.2. The van der Waals surface area contributed by atoms with Gasteiger partial charge in [-0.05, 0) is 58.7 Å². The summed E-state index contributed by atoms with van der Waals surface area (Å²) in [7, 11) is 0. The fourth-order valence-corrected chi connectivity index (χ4v) is 3.19. The fraction of sp³-hybridized carbons (Fsp3) is 0.211. The minimum absolute atomic E-state index is 0.498. The van der Waals surface area contributed by atoms with Crippen molar-refractivity contribution in [1.29, 1.82) is 5.26 Å². The second-order valence-corrected chi connectivity index (χ2v) is 7.03. The van der Waals surface area contributed by atoms with E-state index in [-0.39, 0.29) is 0 Å². The highest BCUT2D eigenvalue weighted by Crippen LogP contribution is 2.31. The number of nitrogens with zero attached hydrogens (tertiary/aromatic N) is 4. The normalized spacial score (nSPS) is 13.2. The van der Waals surface area contributed by atoms with Crippen molar-refractivity contribution in [2.45, 2.75) is 24.8 Å². The summed E-state index contributed by atoms with van der Waals surface area (Å²) in [6.45, 7) is 0.498. The Morgan fingerprint density at radius 2 is 1.83 bits per heavy atom. The van der Waals surface area contributed by atoms with E-state index in [0.717, 1.165) is 18.4 Å². The molecule has 0 radical (unpaired) electrons. The minimum atomic E-state index is -0.627. The zero-order valence-corrected chi connectivity index (χ0v) is 15.3. The molecule has 0 bridgehead atoms. The highest BCUT2D eigenvalue weighted by atomic mass is 127. The topological polar surface area (TPSA) is 54.5 Å². The van der Waals surface area contributed by atoms with E-state index in [9.17, 15) is 5.26 Å². The summed E-state index contributed by atoms with van der Waals surface area (Å²) in [5.74, 6) is 0. The van der Waals surface area contributed by atoms with Crippen molar-refractivity contribution < 1.29 is 0 Å². The molecule has 0 aliphatic rings. The van der Waals surface area contributed by atoms with Crippen LogP contribution in [0.15, 0.2) is 67.3 Å². The van der Waals surface area contributed by atoms with Crippen molar-refractivity contribution in [2.24, 2.45) is 0 Å². The van der Waals surface area contributed by atoms with Gasteiger partial charge in [-0.25, -0.2) is 4.98 Å². The van der Waals surface area contributed by atoms with Crippen molar-refractivity contribution in [3.63, 3.8) is 0 Å². The van der Waals surface area contributed by atoms with Gasteiger partial charge in [-0.1, -0.05) is 42.5 Å². The Bertz CT molecular complexity index is 807. The van der Waals surface area contributed by atoms with Crippen LogP contribution in [0, 0.1) is 14.9 Å². The SMILES string of the molecule is N#CC(CCc1ccc(I)cc1)(Cn1cncn1)c1ccccc1. The van der Waals surface area contributed by atoms with Crippen molar-refractivity contribution >= 4 is 22.6 Å². The molecule has 0 saturated carbocycles. The van der Waals surface area contributed by atoms with Crippen LogP contribution in [-0.2, 0) is 18.4 Å². The molecule has 1 aromatic heterocycles. The summed E-state index contributed by atoms with van der Waals surface area (Å²) in [6, 6.07) is 21.0. The molecular formula is C19H17IN4. The first-order valence-corrected chi connectivity index (χ1v) is 8.83. The quantitative estimate of drug-likeness (QED) is 0.559. The standard InChI is InChI=1S/C19H17IN4/c20-18-8-6-16(7-9-18)10-11-19(12-21,13-24-15-22-14-23-24)17-4-2-1-3-5-17/h1-9,14-15H,10-11,13H2. The van der Waals surface area contributed by atoms with Crippen molar-refractivity contribution in [1.82, 2.24) is 14.8 Å². The monoisotopic (exact) mass is 428 g/mol. The number of hydrogen-bond donors (Lipinski definition) is 0. The third-order valence-corrected chi connectivity index (χ3v) is 4.91. The van der Waals surface area contributed by atoms with E-state index in [0.29, 0.717) is 6.54 Å². The van der Waals surface area contributed by atoms with Gasteiger partial charge in [0.1, 0.15) is 18.1 Å². The molecule has 120 valence electrons. The lowest BCUT2D eigenvalue weighted by Crippen LogP contribution is -2.31. The summed E-state index contributed by atoms with van der Waals surface area (Å²) in [6.07, 6.45) is 4.74. The van der Waals surface area contributed by atoms with Crippen LogP contribution in [0.4, 0.5) is 0 Å². The number of nitriles is 1. The Balaban J connectivity index is 1.89. The highest BCUT2D eigenvalue weighted by Gasteiger charge is 2.33. The summed E-state index contributed by atoms with van der Waals surface area (Å²) < 4.78 is 2.96. The molecule has 3 rings (SSSR count). The molecular weight excluding hydrogens is 411 g/mol. The van der Waals surface area contributed by atoms with Gasteiger partial charge in [0, 0.05) is 3.57 Å². The molecule has 4 nitrogen and oxygen atoms in total. The highest BCUT2D eigenvalue weighted by molar-refractivity contribution is 14.1. The molecule has 5 heteroatoms. The molecule has 0 N–H and O–H groups in total. The van der Waals surface area contributed by atoms with E-state index >= 15 is 0 Å². The molecule has 0 spiro atoms. The molecule has 1 heterocycles. The zero-order valence-electron chi connectivity index (χ0n) is 13.1. The van der Waals surface area contributed by atoms with E-state index in [1.54, 1.807) is 11.0 Å². The van der Waals surface area contributed by atoms with Gasteiger partial charge in [0.2, 0.25) is 0 Å². The molecule has 0 amide bonds. The first kappa shape index (κ1) is 16.7. The van der Waals surface area contributed by atoms with Crippen LogP contribution in [0.3, 0.4) is 0 Å². The van der Waals surface area contributed by atoms with Crippen LogP contribution in [0.2, 0.25) is 0 Å². The largest absolute Gasteiger partial charge is 0.251 e. The van der Waals surface area contributed by atoms with Crippen molar-refractivity contribution in [3.8, 4) is 6.07 Å². The lowest BCUT2D eigenvalue weighted by atomic mass is 9.77. The smallest absolute Gasteiger partial charge is 0.137 e. The van der Waals surface area contributed by atoms with Gasteiger partial charge < -0.3 is 0 Å². The Labute approximate surface area is 155 Å². The molecule has 0 aliphatic carbocycles. The third-order valence-electron chi connectivity index (χ3n) is 4.19. The number of aryl methyl sites for hydroxylation is 1. The van der Waals surface area contributed by atoms with Crippen LogP contribution in [0.5, 0.6) is 0 Å². The van der Waals surface area contributed by atoms with Crippen LogP contribution < -0.4 is 0 Å². The predicted octanol–water partition coefficient (Wildman–Crippen LogP) is 3.98. The van der Waals surface area contributed by atoms with Gasteiger partial charge in [-0.3, -0.25) is 4.68 Å². The fourth-order valence-electron chi connectivity index (χ4n) is 2.83. The van der Waals surface area contributed by atoms with E-state index in [4.69, 9.17) is 0 Å². The molecule has 2 aromatic carbocycles. The molecule has 0 aliphatic heterocycles. The van der Waals surface area contributed by atoms with Crippen LogP contribution in [0.25, 0.3) is 0 Å². The van der Waals surface area contributed by atoms with E-state index in [2.05, 4.69) is 63.0 Å². The van der Waals surface area contributed by atoms with E-state index in [1.165, 1.54) is 15.5 Å². The van der Waals surface area contributed by atoms with Crippen LogP contribution in [0.1, 0.15) is 17.5 Å². The van der Waals surface area contributed by atoms with E-state index in [1.807, 2.05) is 30.3 Å². The lowest BCUT2D eigenvalue weighted by molar-refractivity contribution is 0.402. The second kappa shape index (κ2) is 7.58. The Hall–Kier alpha value is -2.20. The maximum Gasteiger partial charge on any atom is 0.137 e. The first-order chi connectivity index (χ1) is 11.7. The number of aromatic nitrogens is 3. The first-order valence-electron chi connectivity index (χ1n) is 7.75. The van der Waals surface area contributed by atoms with Crippen molar-refractivity contribution in [2.75, 3.05) is 0 Å². The average molecular weight is 428 g/mol. The molecule has 0 saturated heterocycles. The maximum absolute atomic E-state index is 10.0. The van der Waals surface area contributed by atoms with Gasteiger partial charge in [0.25, 0.3) is 0 Å². The molecule has 1 atom stereocenters. The Kier molecular flexibility index (Phi) is 5.26. The molecule has 0 fully saturated rings. The molecule has 3 aromatic rings. The summed E-state index contributed by atoms with van der Waals surface area (Å²) in [5.41, 5.74) is 1.64. The average Bonchev–Trinajstić information content (AvgIpc) is 3.14. The molecule has 1 unspecified atom stereocenters. The zero-order chi connectivity index (χ0) is 16.8. The van der Waals surface area contributed by atoms with Crippen molar-refractivity contribution in [3.05, 3.63) is 81.9 Å². The Morgan fingerprint density at radius 1 is 1.08 bits per heavy atom. The number of halogens is 1. The van der Waals surface area contributed by atoms with Gasteiger partial charge in [-0.15, -0.1) is 0 Å². The van der Waals surface area contributed by atoms with Crippen LogP contribution >= 0.6 is 22.6 Å². The van der Waals surface area contributed by atoms with Gasteiger partial charge in [-0.2, -0.15) is 10.4 Å². The number of hydrogen-bond acceptors (Lipinski definition) is 3. The Morgan fingerprint density at radius 3 is 2.46 bits per heavy atom. The molecule has 24 heavy (non-hydrogen) atoms. The summed E-state index contributed by atoms with van der Waals surface area (Å²) >= 11 is 2.30. The van der Waals surface area contributed by atoms with Gasteiger partial charge >= 0.3 is 0 Å². The van der Waals surface area contributed by atoms with Gasteiger partial charge in [0.15, 0.2) is 0 Å². The summed E-state index contributed by atoms with van der Waals surface area (Å²) in [4.78, 5) is 4.00. The van der Waals surface area contributed by atoms with E-state index < -0.39 is 5.41 Å². The van der Waals surface area contributed by atoms with Crippen LogP contribution in [-0.4, -0.2) is 14.8 Å². The van der Waals surface area contributed by atoms with Gasteiger partial charge in [0.05, 0.1) is 12.6 Å².